The van der Waals surface area contributed by atoms with Gasteiger partial charge in [-0.2, -0.15) is 0 Å². The molecule has 0 saturated heterocycles. The fourth-order valence-corrected chi connectivity index (χ4v) is 7.33. The highest BCUT2D eigenvalue weighted by Gasteiger charge is 2.27. The monoisotopic (exact) mass is 677 g/mol. The van der Waals surface area contributed by atoms with Crippen molar-refractivity contribution in [1.29, 1.82) is 0 Å². The highest BCUT2D eigenvalue weighted by Crippen LogP contribution is 2.41. The average molecular weight is 677 g/mol. The molecule has 0 aliphatic heterocycles. The van der Waals surface area contributed by atoms with Crippen LogP contribution < -0.4 is 0 Å². The van der Waals surface area contributed by atoms with E-state index in [1.165, 1.54) is 140 Å². The molecule has 0 aromatic heterocycles. The molecule has 2 N–H and O–H groups in total. The van der Waals surface area contributed by atoms with Crippen LogP contribution in [0.5, 0.6) is 11.5 Å². The van der Waals surface area contributed by atoms with Gasteiger partial charge in [0, 0.05) is 17.5 Å². The Kier molecular flexibility index (Phi) is 20.7. The standard InChI is InChI=1S/C47H80O2/c1-9-13-15-17-19-21-23-25-27-29-31-38-33-40(44(48)42(35-38)46(5,6)11-3)37-41-34-39(36-43(45(41)49)47(7,8)12-4)32-30-28-26-24-22-20-18-16-14-10-2/h33-36,48-49H,9-32,37H2,1-8H3. The van der Waals surface area contributed by atoms with Crippen LogP contribution in [0.15, 0.2) is 24.3 Å². The summed E-state index contributed by atoms with van der Waals surface area (Å²) < 4.78 is 0. The normalized spacial score (nSPS) is 12.2. The topological polar surface area (TPSA) is 40.5 Å². The van der Waals surface area contributed by atoms with Gasteiger partial charge in [-0.1, -0.05) is 195 Å². The lowest BCUT2D eigenvalue weighted by Gasteiger charge is -2.28. The number of hydrogen-bond donors (Lipinski definition) is 2. The van der Waals surface area contributed by atoms with Crippen LogP contribution in [-0.4, -0.2) is 10.2 Å². The van der Waals surface area contributed by atoms with Crippen molar-refractivity contribution >= 4 is 0 Å². The molecule has 0 aliphatic rings. The summed E-state index contributed by atoms with van der Waals surface area (Å²) in [5, 5.41) is 23.5. The van der Waals surface area contributed by atoms with Gasteiger partial charge >= 0.3 is 0 Å². The number of phenolic OH excluding ortho intramolecular Hbond substituents is 2. The summed E-state index contributed by atoms with van der Waals surface area (Å²) in [5.74, 6) is 0.851. The molecule has 0 amide bonds. The first-order valence-electron chi connectivity index (χ1n) is 21.2. The lowest BCUT2D eigenvalue weighted by atomic mass is 9.77. The van der Waals surface area contributed by atoms with Gasteiger partial charge in [-0.3, -0.25) is 0 Å². The van der Waals surface area contributed by atoms with Gasteiger partial charge in [0.25, 0.3) is 0 Å². The van der Waals surface area contributed by atoms with Gasteiger partial charge in [0.05, 0.1) is 0 Å². The van der Waals surface area contributed by atoms with E-state index in [0.717, 1.165) is 47.9 Å². The zero-order valence-corrected chi connectivity index (χ0v) is 33.9. The molecule has 0 aliphatic carbocycles. The Balaban J connectivity index is 2.18. The van der Waals surface area contributed by atoms with E-state index in [9.17, 15) is 10.2 Å². The molecule has 0 radical (unpaired) electrons. The summed E-state index contributed by atoms with van der Waals surface area (Å²) >= 11 is 0. The van der Waals surface area contributed by atoms with Gasteiger partial charge < -0.3 is 10.2 Å². The molecule has 280 valence electrons. The minimum absolute atomic E-state index is 0.110. The SMILES string of the molecule is CCCCCCCCCCCCc1cc(Cc2cc(CCCCCCCCCCCC)cc(C(C)(C)CC)c2O)c(O)c(C(C)(C)CC)c1. The minimum atomic E-state index is -0.110. The van der Waals surface area contributed by atoms with Crippen LogP contribution in [0.25, 0.3) is 0 Å². The van der Waals surface area contributed by atoms with E-state index in [1.54, 1.807) is 0 Å². The fraction of sp³-hybridized carbons (Fsp3) is 0.745. The molecule has 0 atom stereocenters. The Labute approximate surface area is 305 Å². The van der Waals surface area contributed by atoms with Crippen molar-refractivity contribution < 1.29 is 10.2 Å². The second kappa shape index (κ2) is 23.5. The van der Waals surface area contributed by atoms with E-state index < -0.39 is 0 Å². The third-order valence-corrected chi connectivity index (χ3v) is 11.7. The van der Waals surface area contributed by atoms with Crippen molar-refractivity contribution in [3.05, 3.63) is 57.6 Å². The van der Waals surface area contributed by atoms with Crippen molar-refractivity contribution in [2.75, 3.05) is 0 Å². The maximum Gasteiger partial charge on any atom is 0.122 e. The van der Waals surface area contributed by atoms with Crippen LogP contribution in [0.4, 0.5) is 0 Å². The summed E-state index contributed by atoms with van der Waals surface area (Å²) in [6.45, 7) is 18.0. The lowest BCUT2D eigenvalue weighted by molar-refractivity contribution is 0.419. The van der Waals surface area contributed by atoms with Gasteiger partial charge in [0.1, 0.15) is 11.5 Å². The van der Waals surface area contributed by atoms with Gasteiger partial charge in [0.15, 0.2) is 0 Å². The molecule has 49 heavy (non-hydrogen) atoms. The maximum atomic E-state index is 11.7. The number of hydrogen-bond acceptors (Lipinski definition) is 2. The van der Waals surface area contributed by atoms with Gasteiger partial charge in [-0.25, -0.2) is 0 Å². The van der Waals surface area contributed by atoms with Crippen LogP contribution in [0.2, 0.25) is 0 Å². The molecule has 0 spiro atoms. The number of rotatable bonds is 28. The van der Waals surface area contributed by atoms with Gasteiger partial charge in [-0.05, 0) is 71.6 Å². The van der Waals surface area contributed by atoms with E-state index in [4.69, 9.17) is 0 Å². The van der Waals surface area contributed by atoms with Crippen LogP contribution in [-0.2, 0) is 30.1 Å². The molecule has 0 bridgehead atoms. The van der Waals surface area contributed by atoms with Crippen LogP contribution in [0, 0.1) is 0 Å². The van der Waals surface area contributed by atoms with E-state index >= 15 is 0 Å². The summed E-state index contributed by atoms with van der Waals surface area (Å²) in [6.07, 6.45) is 31.4. The number of aryl methyl sites for hydroxylation is 2. The zero-order valence-electron chi connectivity index (χ0n) is 33.9. The molecule has 2 heteroatoms. The minimum Gasteiger partial charge on any atom is -0.507 e. The van der Waals surface area contributed by atoms with E-state index in [2.05, 4.69) is 79.7 Å². The summed E-state index contributed by atoms with van der Waals surface area (Å²) in [4.78, 5) is 0. The Morgan fingerprint density at radius 1 is 0.408 bits per heavy atom. The van der Waals surface area contributed by atoms with Crippen LogP contribution in [0.3, 0.4) is 0 Å². The van der Waals surface area contributed by atoms with E-state index in [0.29, 0.717) is 17.9 Å². The second-order valence-electron chi connectivity index (χ2n) is 16.8. The Morgan fingerprint density at radius 2 is 0.694 bits per heavy atom. The van der Waals surface area contributed by atoms with E-state index in [1.807, 2.05) is 0 Å². The van der Waals surface area contributed by atoms with Crippen molar-refractivity contribution in [3.8, 4) is 11.5 Å². The van der Waals surface area contributed by atoms with Crippen molar-refractivity contribution in [2.24, 2.45) is 0 Å². The largest absolute Gasteiger partial charge is 0.507 e. The molecule has 0 unspecified atom stereocenters. The maximum absolute atomic E-state index is 11.7. The molecule has 2 aromatic carbocycles. The average Bonchev–Trinajstić information content (AvgIpc) is 3.08. The highest BCUT2D eigenvalue weighted by atomic mass is 16.3. The number of benzene rings is 2. The van der Waals surface area contributed by atoms with Crippen molar-refractivity contribution in [3.63, 3.8) is 0 Å². The molecule has 2 nitrogen and oxygen atoms in total. The molecule has 0 heterocycles. The fourth-order valence-electron chi connectivity index (χ4n) is 7.33. The summed E-state index contributed by atoms with van der Waals surface area (Å²) in [6, 6.07) is 9.06. The van der Waals surface area contributed by atoms with Crippen LogP contribution >= 0.6 is 0 Å². The zero-order chi connectivity index (χ0) is 36.1. The Hall–Kier alpha value is -1.96. The van der Waals surface area contributed by atoms with Gasteiger partial charge in [0.2, 0.25) is 0 Å². The molecule has 0 saturated carbocycles. The quantitative estimate of drug-likeness (QED) is 0.0881. The smallest absolute Gasteiger partial charge is 0.122 e. The molecule has 0 fully saturated rings. The lowest BCUT2D eigenvalue weighted by Crippen LogP contribution is -2.18. The van der Waals surface area contributed by atoms with Gasteiger partial charge in [-0.15, -0.1) is 0 Å². The third kappa shape index (κ3) is 15.4. The highest BCUT2D eigenvalue weighted by molar-refractivity contribution is 5.53. The predicted octanol–water partition coefficient (Wildman–Crippen LogP) is 15.0. The predicted molar refractivity (Wildman–Crippen MR) is 217 cm³/mol. The molecular weight excluding hydrogens is 597 g/mol. The first-order valence-corrected chi connectivity index (χ1v) is 21.2. The number of aromatic hydroxyl groups is 2. The molecular formula is C47H80O2. The first kappa shape index (κ1) is 43.2. The van der Waals surface area contributed by atoms with Crippen molar-refractivity contribution in [2.45, 2.75) is 227 Å². The summed E-state index contributed by atoms with van der Waals surface area (Å²) in [5.41, 5.74) is 6.50. The Morgan fingerprint density at radius 3 is 0.980 bits per heavy atom. The molecule has 2 rings (SSSR count). The summed E-state index contributed by atoms with van der Waals surface area (Å²) in [7, 11) is 0. The number of phenols is 2. The van der Waals surface area contributed by atoms with E-state index in [-0.39, 0.29) is 10.8 Å². The first-order chi connectivity index (χ1) is 23.5. The van der Waals surface area contributed by atoms with Crippen molar-refractivity contribution in [1.82, 2.24) is 0 Å². The third-order valence-electron chi connectivity index (χ3n) is 11.7. The molecule has 2 aromatic rings. The number of unbranched alkanes of at least 4 members (excludes halogenated alkanes) is 18. The Bertz CT molecular complexity index is 1080. The van der Waals surface area contributed by atoms with Crippen LogP contribution in [0.1, 0.15) is 230 Å². The second-order valence-corrected chi connectivity index (χ2v) is 16.8.